The molecule has 0 saturated heterocycles. The minimum Gasteiger partial charge on any atom is -0.494 e. The molecule has 0 atom stereocenters. The number of hydrogen-bond acceptors (Lipinski definition) is 4. The summed E-state index contributed by atoms with van der Waals surface area (Å²) in [5.74, 6) is 0.614. The summed E-state index contributed by atoms with van der Waals surface area (Å²) in [7, 11) is 3.33. The lowest BCUT2D eigenvalue weighted by Crippen LogP contribution is -2.37. The number of amides is 1. The van der Waals surface area contributed by atoms with Gasteiger partial charge in [0.05, 0.1) is 18.9 Å². The van der Waals surface area contributed by atoms with Crippen LogP contribution in [0.3, 0.4) is 0 Å². The van der Waals surface area contributed by atoms with Gasteiger partial charge in [0.1, 0.15) is 11.4 Å². The van der Waals surface area contributed by atoms with Crippen LogP contribution in [-0.4, -0.2) is 38.8 Å². The highest BCUT2D eigenvalue weighted by Crippen LogP contribution is 2.23. The van der Waals surface area contributed by atoms with Crippen LogP contribution in [0.15, 0.2) is 53.7 Å². The molecule has 1 amide bonds. The van der Waals surface area contributed by atoms with E-state index in [1.165, 1.54) is 0 Å². The quantitative estimate of drug-likeness (QED) is 0.710. The molecule has 1 aromatic carbocycles. The summed E-state index contributed by atoms with van der Waals surface area (Å²) >= 11 is 0. The third-order valence-electron chi connectivity index (χ3n) is 4.87. The van der Waals surface area contributed by atoms with Crippen molar-refractivity contribution in [3.05, 3.63) is 76.0 Å². The van der Waals surface area contributed by atoms with Crippen LogP contribution in [-0.2, 0) is 20.0 Å². The number of hydrogen-bond donors (Lipinski definition) is 0. The molecule has 138 valence electrons. The first-order valence-corrected chi connectivity index (χ1v) is 8.72. The van der Waals surface area contributed by atoms with Crippen molar-refractivity contribution in [2.24, 2.45) is 7.05 Å². The number of methoxy groups -OCH3 is 1. The Bertz CT molecular complexity index is 1070. The van der Waals surface area contributed by atoms with Crippen molar-refractivity contribution in [2.75, 3.05) is 13.7 Å². The highest BCUT2D eigenvalue weighted by Gasteiger charge is 2.24. The maximum atomic E-state index is 12.9. The standard InChI is InChI=1S/C20H20N4O3/c1-22-11-16-12-23(8-7-14(16)9-19(22)25)20(26)15-10-21-24(13-15)17-5-3-4-6-18(17)27-2/h3-6,9-11,13H,7-8,12H2,1-2H3. The number of aryl methyl sites for hydroxylation is 1. The van der Waals surface area contributed by atoms with Gasteiger partial charge >= 0.3 is 0 Å². The van der Waals surface area contributed by atoms with E-state index in [0.29, 0.717) is 30.8 Å². The molecule has 3 aromatic rings. The van der Waals surface area contributed by atoms with Gasteiger partial charge in [-0.3, -0.25) is 9.59 Å². The van der Waals surface area contributed by atoms with Crippen LogP contribution in [0.2, 0.25) is 0 Å². The van der Waals surface area contributed by atoms with Crippen LogP contribution < -0.4 is 10.3 Å². The van der Waals surface area contributed by atoms with Crippen LogP contribution in [0.1, 0.15) is 21.5 Å². The van der Waals surface area contributed by atoms with E-state index in [-0.39, 0.29) is 11.5 Å². The van der Waals surface area contributed by atoms with Crippen molar-refractivity contribution in [3.8, 4) is 11.4 Å². The van der Waals surface area contributed by atoms with E-state index in [1.54, 1.807) is 46.8 Å². The van der Waals surface area contributed by atoms with Gasteiger partial charge < -0.3 is 14.2 Å². The van der Waals surface area contributed by atoms with E-state index in [2.05, 4.69) is 5.10 Å². The van der Waals surface area contributed by atoms with Crippen molar-refractivity contribution >= 4 is 5.91 Å². The number of ether oxygens (including phenoxy) is 1. The highest BCUT2D eigenvalue weighted by molar-refractivity contribution is 5.94. The molecule has 7 nitrogen and oxygen atoms in total. The lowest BCUT2D eigenvalue weighted by molar-refractivity contribution is 0.0734. The molecular weight excluding hydrogens is 344 g/mol. The molecule has 0 saturated carbocycles. The number of nitrogens with zero attached hydrogens (tertiary/aromatic N) is 4. The van der Waals surface area contributed by atoms with Crippen molar-refractivity contribution in [2.45, 2.75) is 13.0 Å². The Labute approximate surface area is 156 Å². The van der Waals surface area contributed by atoms with E-state index < -0.39 is 0 Å². The number of fused-ring (bicyclic) bond motifs is 1. The van der Waals surface area contributed by atoms with Gasteiger partial charge in [-0.25, -0.2) is 4.68 Å². The second kappa shape index (κ2) is 6.75. The zero-order chi connectivity index (χ0) is 19.0. The van der Waals surface area contributed by atoms with Crippen molar-refractivity contribution in [1.82, 2.24) is 19.2 Å². The molecular formula is C20H20N4O3. The minimum absolute atomic E-state index is 0.0217. The Morgan fingerprint density at radius 1 is 1.19 bits per heavy atom. The molecule has 1 aliphatic heterocycles. The number of para-hydroxylation sites is 2. The molecule has 4 rings (SSSR count). The molecule has 27 heavy (non-hydrogen) atoms. The fraction of sp³-hybridized carbons (Fsp3) is 0.250. The van der Waals surface area contributed by atoms with Crippen molar-refractivity contribution in [1.29, 1.82) is 0 Å². The molecule has 0 fully saturated rings. The molecule has 0 N–H and O–H groups in total. The molecule has 2 aromatic heterocycles. The first kappa shape index (κ1) is 17.1. The molecule has 0 spiro atoms. The average molecular weight is 364 g/mol. The predicted molar refractivity (Wildman–Crippen MR) is 100 cm³/mol. The Kier molecular flexibility index (Phi) is 4.27. The number of benzene rings is 1. The number of pyridine rings is 1. The third-order valence-corrected chi connectivity index (χ3v) is 4.87. The van der Waals surface area contributed by atoms with Gasteiger partial charge in [-0.05, 0) is 29.7 Å². The second-order valence-corrected chi connectivity index (χ2v) is 6.60. The van der Waals surface area contributed by atoms with Gasteiger partial charge in [0.15, 0.2) is 0 Å². The van der Waals surface area contributed by atoms with E-state index in [1.807, 2.05) is 30.5 Å². The van der Waals surface area contributed by atoms with E-state index in [0.717, 1.165) is 16.8 Å². The zero-order valence-corrected chi connectivity index (χ0v) is 15.3. The van der Waals surface area contributed by atoms with Gasteiger partial charge in [0.2, 0.25) is 0 Å². The van der Waals surface area contributed by atoms with Crippen LogP contribution >= 0.6 is 0 Å². The zero-order valence-electron chi connectivity index (χ0n) is 15.3. The molecule has 1 aliphatic rings. The molecule has 7 heteroatoms. The van der Waals surface area contributed by atoms with Gasteiger partial charge in [-0.15, -0.1) is 0 Å². The van der Waals surface area contributed by atoms with Gasteiger partial charge in [0, 0.05) is 38.6 Å². The van der Waals surface area contributed by atoms with Crippen molar-refractivity contribution < 1.29 is 9.53 Å². The highest BCUT2D eigenvalue weighted by atomic mass is 16.5. The Hall–Kier alpha value is -3.35. The number of aromatic nitrogens is 3. The predicted octanol–water partition coefficient (Wildman–Crippen LogP) is 1.78. The summed E-state index contributed by atoms with van der Waals surface area (Å²) in [6.45, 7) is 1.07. The van der Waals surface area contributed by atoms with E-state index in [4.69, 9.17) is 4.74 Å². The summed E-state index contributed by atoms with van der Waals surface area (Å²) in [4.78, 5) is 26.5. The maximum Gasteiger partial charge on any atom is 0.257 e. The molecule has 0 bridgehead atoms. The number of carbonyl (C=O) groups excluding carboxylic acids is 1. The summed E-state index contributed by atoms with van der Waals surface area (Å²) < 4.78 is 8.56. The smallest absolute Gasteiger partial charge is 0.257 e. The normalized spacial score (nSPS) is 13.3. The fourth-order valence-corrected chi connectivity index (χ4v) is 3.38. The first-order chi connectivity index (χ1) is 13.1. The Morgan fingerprint density at radius 3 is 2.81 bits per heavy atom. The first-order valence-electron chi connectivity index (χ1n) is 8.72. The topological polar surface area (TPSA) is 69.4 Å². The fourth-order valence-electron chi connectivity index (χ4n) is 3.38. The van der Waals surface area contributed by atoms with E-state index in [9.17, 15) is 9.59 Å². The van der Waals surface area contributed by atoms with Crippen LogP contribution in [0.5, 0.6) is 5.75 Å². The monoisotopic (exact) mass is 364 g/mol. The lowest BCUT2D eigenvalue weighted by Gasteiger charge is -2.28. The van der Waals surface area contributed by atoms with Crippen LogP contribution in [0.4, 0.5) is 0 Å². The number of carbonyl (C=O) groups is 1. The van der Waals surface area contributed by atoms with Crippen molar-refractivity contribution in [3.63, 3.8) is 0 Å². The molecule has 0 radical (unpaired) electrons. The van der Waals surface area contributed by atoms with Crippen LogP contribution in [0.25, 0.3) is 5.69 Å². The Balaban J connectivity index is 1.58. The largest absolute Gasteiger partial charge is 0.494 e. The molecule has 0 unspecified atom stereocenters. The van der Waals surface area contributed by atoms with E-state index >= 15 is 0 Å². The van der Waals surface area contributed by atoms with Gasteiger partial charge in [0.25, 0.3) is 11.5 Å². The summed E-state index contributed by atoms with van der Waals surface area (Å²) in [6.07, 6.45) is 5.79. The van der Waals surface area contributed by atoms with Gasteiger partial charge in [-0.1, -0.05) is 12.1 Å². The average Bonchev–Trinajstić information content (AvgIpc) is 3.18. The molecule has 3 heterocycles. The third kappa shape index (κ3) is 3.12. The Morgan fingerprint density at radius 2 is 2.00 bits per heavy atom. The van der Waals surface area contributed by atoms with Gasteiger partial charge in [-0.2, -0.15) is 5.10 Å². The SMILES string of the molecule is COc1ccccc1-n1cc(C(=O)N2CCc3cc(=O)n(C)cc3C2)cn1. The lowest BCUT2D eigenvalue weighted by atomic mass is 10.0. The maximum absolute atomic E-state index is 12.9. The molecule has 0 aliphatic carbocycles. The summed E-state index contributed by atoms with van der Waals surface area (Å²) in [5, 5.41) is 4.32. The summed E-state index contributed by atoms with van der Waals surface area (Å²) in [6, 6.07) is 9.18. The second-order valence-electron chi connectivity index (χ2n) is 6.60. The minimum atomic E-state index is -0.0735. The van der Waals surface area contributed by atoms with Crippen LogP contribution in [0, 0.1) is 0 Å². The summed E-state index contributed by atoms with van der Waals surface area (Å²) in [5.41, 5.74) is 3.31. The number of rotatable bonds is 3.